The number of cyclic esters (lactones) is 1. The molecule has 0 N–H and O–H groups in total. The molecule has 0 saturated carbocycles. The first-order valence-corrected chi connectivity index (χ1v) is 12.7. The average molecular weight is 592 g/mol. The number of hydrogen-bond acceptors (Lipinski definition) is 5. The summed E-state index contributed by atoms with van der Waals surface area (Å²) in [5, 5.41) is 0. The number of carbonyl (C=O) groups is 2. The molecular formula is C28H25BrF3NO5. The van der Waals surface area contributed by atoms with Crippen LogP contribution in [-0.2, 0) is 33.4 Å². The van der Waals surface area contributed by atoms with Crippen molar-refractivity contribution in [1.82, 2.24) is 4.90 Å². The Morgan fingerprint density at radius 3 is 2.47 bits per heavy atom. The minimum Gasteiger partial charge on any atom is -0.466 e. The molecule has 1 aliphatic heterocycles. The van der Waals surface area contributed by atoms with Gasteiger partial charge in [-0.2, -0.15) is 13.2 Å². The van der Waals surface area contributed by atoms with Gasteiger partial charge in [0.1, 0.15) is 17.6 Å². The molecule has 1 fully saturated rings. The molecule has 2 unspecified atom stereocenters. The van der Waals surface area contributed by atoms with Gasteiger partial charge in [0, 0.05) is 10.0 Å². The van der Waals surface area contributed by atoms with Crippen LogP contribution in [0.3, 0.4) is 0 Å². The average Bonchev–Trinajstić information content (AvgIpc) is 3.14. The maximum Gasteiger partial charge on any atom is 0.416 e. The normalized spacial score (nSPS) is 17.3. The molecule has 2 atom stereocenters. The highest BCUT2D eigenvalue weighted by Crippen LogP contribution is 2.38. The van der Waals surface area contributed by atoms with Crippen LogP contribution in [0, 0.1) is 0 Å². The van der Waals surface area contributed by atoms with E-state index in [0.717, 1.165) is 16.1 Å². The van der Waals surface area contributed by atoms with Gasteiger partial charge in [-0.15, -0.1) is 0 Å². The molecule has 1 heterocycles. The molecule has 3 aromatic carbocycles. The smallest absolute Gasteiger partial charge is 0.416 e. The van der Waals surface area contributed by atoms with E-state index in [1.54, 1.807) is 30.0 Å². The van der Waals surface area contributed by atoms with Crippen LogP contribution < -0.4 is 4.74 Å². The second kappa shape index (κ2) is 11.5. The highest BCUT2D eigenvalue weighted by molar-refractivity contribution is 9.10. The van der Waals surface area contributed by atoms with Gasteiger partial charge in [0.15, 0.2) is 0 Å². The fourth-order valence-corrected chi connectivity index (χ4v) is 4.72. The molecule has 0 radical (unpaired) electrons. The lowest BCUT2D eigenvalue weighted by atomic mass is 10.0. The van der Waals surface area contributed by atoms with Crippen LogP contribution in [0.5, 0.6) is 11.5 Å². The highest BCUT2D eigenvalue weighted by atomic mass is 79.9. The topological polar surface area (TPSA) is 65.1 Å². The summed E-state index contributed by atoms with van der Waals surface area (Å²) < 4.78 is 57.9. The second-order valence-corrected chi connectivity index (χ2v) is 9.65. The lowest BCUT2D eigenvalue weighted by Crippen LogP contribution is -2.31. The number of amides is 1. The first-order valence-electron chi connectivity index (χ1n) is 11.9. The summed E-state index contributed by atoms with van der Waals surface area (Å²) in [6.45, 7) is 3.67. The van der Waals surface area contributed by atoms with E-state index in [0.29, 0.717) is 11.3 Å². The third-order valence-electron chi connectivity index (χ3n) is 6.13. The molecular weight excluding hydrogens is 567 g/mol. The molecule has 1 saturated heterocycles. The van der Waals surface area contributed by atoms with Crippen molar-refractivity contribution in [2.45, 2.75) is 45.1 Å². The Kier molecular flexibility index (Phi) is 8.30. The predicted octanol–water partition coefficient (Wildman–Crippen LogP) is 7.45. The monoisotopic (exact) mass is 591 g/mol. The van der Waals surface area contributed by atoms with Crippen LogP contribution in [0.25, 0.3) is 0 Å². The lowest BCUT2D eigenvalue weighted by Gasteiger charge is -2.22. The molecule has 1 amide bonds. The molecule has 0 aromatic heterocycles. The quantitative estimate of drug-likeness (QED) is 0.255. The number of nitrogens with zero attached hydrogens (tertiary/aromatic N) is 1. The Morgan fingerprint density at radius 2 is 1.79 bits per heavy atom. The van der Waals surface area contributed by atoms with Gasteiger partial charge < -0.3 is 14.2 Å². The van der Waals surface area contributed by atoms with Gasteiger partial charge in [0.25, 0.3) is 0 Å². The number of halogens is 4. The summed E-state index contributed by atoms with van der Waals surface area (Å²) in [6, 6.07) is 17.6. The Bertz CT molecular complexity index is 1320. The number of alkyl halides is 3. The van der Waals surface area contributed by atoms with E-state index in [1.165, 1.54) is 12.1 Å². The van der Waals surface area contributed by atoms with E-state index >= 15 is 0 Å². The van der Waals surface area contributed by atoms with Crippen LogP contribution in [0.2, 0.25) is 0 Å². The third-order valence-corrected chi connectivity index (χ3v) is 6.63. The van der Waals surface area contributed by atoms with Crippen molar-refractivity contribution >= 4 is 28.0 Å². The summed E-state index contributed by atoms with van der Waals surface area (Å²) >= 11 is 3.43. The van der Waals surface area contributed by atoms with Crippen molar-refractivity contribution in [3.05, 3.63) is 93.5 Å². The zero-order chi connectivity index (χ0) is 27.4. The molecule has 6 nitrogen and oxygen atoms in total. The molecule has 10 heteroatoms. The van der Waals surface area contributed by atoms with Gasteiger partial charge in [-0.05, 0) is 61.4 Å². The third kappa shape index (κ3) is 6.30. The van der Waals surface area contributed by atoms with Gasteiger partial charge >= 0.3 is 18.2 Å². The summed E-state index contributed by atoms with van der Waals surface area (Å²) in [5.74, 6) is -0.313. The Labute approximate surface area is 226 Å². The van der Waals surface area contributed by atoms with Crippen LogP contribution in [0.15, 0.2) is 71.2 Å². The Morgan fingerprint density at radius 1 is 1.05 bits per heavy atom. The zero-order valence-corrected chi connectivity index (χ0v) is 22.2. The number of esters is 1. The van der Waals surface area contributed by atoms with Crippen LogP contribution in [0.4, 0.5) is 18.0 Å². The predicted molar refractivity (Wildman–Crippen MR) is 137 cm³/mol. The SMILES string of the molecule is CCOC(=O)Cc1cc(Oc2ccc(Br)cc2CN2C(=O)OC(c3ccccc3)C2C)ccc1C(F)(F)F. The van der Waals surface area contributed by atoms with Crippen molar-refractivity contribution < 1.29 is 37.0 Å². The number of ether oxygens (including phenoxy) is 3. The number of carbonyl (C=O) groups excluding carboxylic acids is 2. The standard InChI is InChI=1S/C28H25BrF3NO5/c1-3-36-25(34)15-19-14-22(10-11-23(19)28(30,31)32)37-24-12-9-21(29)13-20(24)16-33-17(2)26(38-27(33)35)18-7-5-4-6-8-18/h4-14,17,26H,3,15-16H2,1-2H3. The summed E-state index contributed by atoms with van der Waals surface area (Å²) in [7, 11) is 0. The summed E-state index contributed by atoms with van der Waals surface area (Å²) in [4.78, 5) is 26.3. The maximum absolute atomic E-state index is 13.6. The molecule has 4 rings (SSSR count). The van der Waals surface area contributed by atoms with Crippen molar-refractivity contribution in [2.75, 3.05) is 6.61 Å². The van der Waals surface area contributed by atoms with Gasteiger partial charge in [-0.25, -0.2) is 4.79 Å². The van der Waals surface area contributed by atoms with Gasteiger partial charge in [-0.3, -0.25) is 9.69 Å². The van der Waals surface area contributed by atoms with Crippen molar-refractivity contribution in [3.8, 4) is 11.5 Å². The minimum atomic E-state index is -4.65. The fraction of sp³-hybridized carbons (Fsp3) is 0.286. The van der Waals surface area contributed by atoms with Crippen molar-refractivity contribution in [1.29, 1.82) is 0 Å². The first-order chi connectivity index (χ1) is 18.1. The minimum absolute atomic E-state index is 0.0567. The Hall–Kier alpha value is -3.53. The summed E-state index contributed by atoms with van der Waals surface area (Å²) in [5.41, 5.74) is 0.299. The van der Waals surface area contributed by atoms with E-state index in [1.807, 2.05) is 37.3 Å². The molecule has 200 valence electrons. The molecule has 0 bridgehead atoms. The van der Waals surface area contributed by atoms with E-state index < -0.39 is 36.3 Å². The van der Waals surface area contributed by atoms with E-state index in [9.17, 15) is 22.8 Å². The lowest BCUT2D eigenvalue weighted by molar-refractivity contribution is -0.143. The number of benzene rings is 3. The second-order valence-electron chi connectivity index (χ2n) is 8.74. The molecule has 1 aliphatic rings. The summed E-state index contributed by atoms with van der Waals surface area (Å²) in [6.07, 6.45) is -6.13. The largest absolute Gasteiger partial charge is 0.466 e. The fourth-order valence-electron chi connectivity index (χ4n) is 4.31. The van der Waals surface area contributed by atoms with Gasteiger partial charge in [0.05, 0.1) is 31.2 Å². The number of rotatable bonds is 8. The first kappa shape index (κ1) is 27.5. The molecule has 0 spiro atoms. The van der Waals surface area contributed by atoms with Gasteiger partial charge in [-0.1, -0.05) is 46.3 Å². The molecule has 3 aromatic rings. The molecule has 0 aliphatic carbocycles. The maximum atomic E-state index is 13.6. The van der Waals surface area contributed by atoms with E-state index in [-0.39, 0.29) is 30.5 Å². The van der Waals surface area contributed by atoms with Crippen LogP contribution >= 0.6 is 15.9 Å². The van der Waals surface area contributed by atoms with Crippen LogP contribution in [0.1, 0.15) is 42.2 Å². The van der Waals surface area contributed by atoms with Crippen molar-refractivity contribution in [3.63, 3.8) is 0 Å². The highest BCUT2D eigenvalue weighted by Gasteiger charge is 2.40. The van der Waals surface area contributed by atoms with Crippen molar-refractivity contribution in [2.24, 2.45) is 0 Å². The molecule has 38 heavy (non-hydrogen) atoms. The van der Waals surface area contributed by atoms with Crippen LogP contribution in [-0.4, -0.2) is 29.6 Å². The van der Waals surface area contributed by atoms with E-state index in [2.05, 4.69) is 15.9 Å². The van der Waals surface area contributed by atoms with E-state index in [4.69, 9.17) is 14.2 Å². The van der Waals surface area contributed by atoms with Gasteiger partial charge in [0.2, 0.25) is 0 Å². The zero-order valence-electron chi connectivity index (χ0n) is 20.6. The Balaban J connectivity index is 1.60. The number of hydrogen-bond donors (Lipinski definition) is 0.